The number of carbonyl (C=O) groups is 1. The van der Waals surface area contributed by atoms with Gasteiger partial charge < -0.3 is 15.3 Å². The van der Waals surface area contributed by atoms with Crippen LogP contribution in [0.4, 0.5) is 5.82 Å². The molecule has 0 amide bonds. The van der Waals surface area contributed by atoms with Crippen LogP contribution in [-0.4, -0.2) is 47.2 Å². The molecule has 0 saturated carbocycles. The maximum Gasteiger partial charge on any atom is 0.354 e. The van der Waals surface area contributed by atoms with E-state index < -0.39 is 5.97 Å². The van der Waals surface area contributed by atoms with E-state index in [0.29, 0.717) is 5.56 Å². The molecule has 0 radical (unpaired) electrons. The molecule has 0 unspecified atom stereocenters. The minimum Gasteiger partial charge on any atom is -0.476 e. The quantitative estimate of drug-likeness (QED) is 0.727. The van der Waals surface area contributed by atoms with Crippen LogP contribution in [0.1, 0.15) is 16.1 Å². The van der Waals surface area contributed by atoms with Gasteiger partial charge in [0.05, 0.1) is 0 Å². The lowest BCUT2D eigenvalue weighted by Crippen LogP contribution is -2.44. The second-order valence-electron chi connectivity index (χ2n) is 3.71. The van der Waals surface area contributed by atoms with Crippen molar-refractivity contribution in [3.05, 3.63) is 17.6 Å². The maximum atomic E-state index is 10.9. The Balaban J connectivity index is 2.33. The lowest BCUT2D eigenvalue weighted by atomic mass is 10.2. The molecule has 0 bridgehead atoms. The number of aromatic carboxylic acids is 1. The van der Waals surface area contributed by atoms with Gasteiger partial charge in [0, 0.05) is 31.7 Å². The summed E-state index contributed by atoms with van der Waals surface area (Å²) < 4.78 is 0. The average molecular weight is 222 g/mol. The van der Waals surface area contributed by atoms with E-state index in [2.05, 4.69) is 20.2 Å². The van der Waals surface area contributed by atoms with Gasteiger partial charge in [0.15, 0.2) is 5.69 Å². The molecular weight excluding hydrogens is 208 g/mol. The van der Waals surface area contributed by atoms with E-state index in [-0.39, 0.29) is 5.69 Å². The van der Waals surface area contributed by atoms with Crippen LogP contribution in [0.15, 0.2) is 6.33 Å². The zero-order valence-electron chi connectivity index (χ0n) is 9.10. The Morgan fingerprint density at radius 1 is 1.44 bits per heavy atom. The zero-order valence-corrected chi connectivity index (χ0v) is 9.10. The molecular formula is C10H14N4O2. The number of rotatable bonds is 2. The highest BCUT2D eigenvalue weighted by atomic mass is 16.4. The summed E-state index contributed by atoms with van der Waals surface area (Å²) in [5.41, 5.74) is 0.723. The van der Waals surface area contributed by atoms with E-state index in [9.17, 15) is 4.79 Å². The molecule has 0 aliphatic carbocycles. The van der Waals surface area contributed by atoms with Gasteiger partial charge in [0.25, 0.3) is 0 Å². The Bertz CT molecular complexity index is 402. The SMILES string of the molecule is Cc1c(C(=O)O)ncnc1N1CCNCC1. The van der Waals surface area contributed by atoms with Gasteiger partial charge in [-0.3, -0.25) is 0 Å². The van der Waals surface area contributed by atoms with Crippen LogP contribution in [0.3, 0.4) is 0 Å². The topological polar surface area (TPSA) is 78.3 Å². The molecule has 1 aliphatic heterocycles. The molecule has 1 aromatic rings. The predicted molar refractivity (Wildman–Crippen MR) is 58.8 cm³/mol. The first-order valence-corrected chi connectivity index (χ1v) is 5.20. The molecule has 1 aromatic heterocycles. The van der Waals surface area contributed by atoms with Crippen molar-refractivity contribution in [2.45, 2.75) is 6.92 Å². The van der Waals surface area contributed by atoms with Crippen molar-refractivity contribution in [2.24, 2.45) is 0 Å². The number of nitrogens with zero attached hydrogens (tertiary/aromatic N) is 3. The Kier molecular flexibility index (Phi) is 3.00. The Hall–Kier alpha value is -1.69. The largest absolute Gasteiger partial charge is 0.476 e. The fraction of sp³-hybridized carbons (Fsp3) is 0.500. The number of hydrogen-bond donors (Lipinski definition) is 2. The molecule has 0 atom stereocenters. The summed E-state index contributed by atoms with van der Waals surface area (Å²) >= 11 is 0. The molecule has 86 valence electrons. The number of carboxylic acids is 1. The third kappa shape index (κ3) is 1.96. The summed E-state index contributed by atoms with van der Waals surface area (Å²) in [6, 6.07) is 0. The van der Waals surface area contributed by atoms with Gasteiger partial charge in [0.2, 0.25) is 0 Å². The monoisotopic (exact) mass is 222 g/mol. The molecule has 2 heterocycles. The third-order valence-corrected chi connectivity index (χ3v) is 2.68. The standard InChI is InChI=1S/C10H14N4O2/c1-7-8(10(15)16)12-6-13-9(7)14-4-2-11-3-5-14/h6,11H,2-5H2,1H3,(H,15,16). The second kappa shape index (κ2) is 4.44. The number of nitrogens with one attached hydrogen (secondary N) is 1. The maximum absolute atomic E-state index is 10.9. The molecule has 0 aromatic carbocycles. The molecule has 1 fully saturated rings. The third-order valence-electron chi connectivity index (χ3n) is 2.68. The predicted octanol–water partition coefficient (Wildman–Crippen LogP) is -0.107. The van der Waals surface area contributed by atoms with Crippen LogP contribution < -0.4 is 10.2 Å². The summed E-state index contributed by atoms with van der Waals surface area (Å²) in [4.78, 5) is 21.0. The Morgan fingerprint density at radius 3 is 2.75 bits per heavy atom. The molecule has 1 aliphatic rings. The average Bonchev–Trinajstić information content (AvgIpc) is 2.30. The van der Waals surface area contributed by atoms with Gasteiger partial charge in [-0.2, -0.15) is 0 Å². The van der Waals surface area contributed by atoms with Crippen molar-refractivity contribution in [3.8, 4) is 0 Å². The zero-order chi connectivity index (χ0) is 11.5. The molecule has 6 nitrogen and oxygen atoms in total. The number of hydrogen-bond acceptors (Lipinski definition) is 5. The van der Waals surface area contributed by atoms with E-state index in [1.807, 2.05) is 0 Å². The number of aromatic nitrogens is 2. The smallest absolute Gasteiger partial charge is 0.354 e. The summed E-state index contributed by atoms with van der Waals surface area (Å²) in [6.45, 7) is 5.23. The Morgan fingerprint density at radius 2 is 2.12 bits per heavy atom. The van der Waals surface area contributed by atoms with Crippen molar-refractivity contribution in [1.82, 2.24) is 15.3 Å². The molecule has 2 N–H and O–H groups in total. The van der Waals surface area contributed by atoms with E-state index in [0.717, 1.165) is 32.0 Å². The van der Waals surface area contributed by atoms with Crippen LogP contribution in [-0.2, 0) is 0 Å². The van der Waals surface area contributed by atoms with Crippen LogP contribution in [0, 0.1) is 6.92 Å². The summed E-state index contributed by atoms with van der Waals surface area (Å²) in [7, 11) is 0. The van der Waals surface area contributed by atoms with Crippen molar-refractivity contribution in [3.63, 3.8) is 0 Å². The second-order valence-corrected chi connectivity index (χ2v) is 3.71. The molecule has 1 saturated heterocycles. The van der Waals surface area contributed by atoms with Crippen LogP contribution in [0.25, 0.3) is 0 Å². The van der Waals surface area contributed by atoms with Gasteiger partial charge >= 0.3 is 5.97 Å². The molecule has 6 heteroatoms. The van der Waals surface area contributed by atoms with E-state index in [1.165, 1.54) is 6.33 Å². The van der Waals surface area contributed by atoms with Crippen LogP contribution in [0.5, 0.6) is 0 Å². The van der Waals surface area contributed by atoms with E-state index in [4.69, 9.17) is 5.11 Å². The summed E-state index contributed by atoms with van der Waals surface area (Å²) in [5, 5.41) is 12.2. The van der Waals surface area contributed by atoms with E-state index >= 15 is 0 Å². The van der Waals surface area contributed by atoms with Crippen molar-refractivity contribution in [2.75, 3.05) is 31.1 Å². The normalized spacial score (nSPS) is 16.2. The fourth-order valence-electron chi connectivity index (χ4n) is 1.85. The van der Waals surface area contributed by atoms with Crippen molar-refractivity contribution < 1.29 is 9.90 Å². The van der Waals surface area contributed by atoms with Crippen molar-refractivity contribution >= 4 is 11.8 Å². The minimum absolute atomic E-state index is 0.0866. The van der Waals surface area contributed by atoms with Gasteiger partial charge in [0.1, 0.15) is 12.1 Å². The Labute approximate surface area is 93.3 Å². The minimum atomic E-state index is -1.00. The number of carboxylic acid groups (broad SMARTS) is 1. The molecule has 2 rings (SSSR count). The van der Waals surface area contributed by atoms with Gasteiger partial charge in [-0.05, 0) is 6.92 Å². The first-order valence-electron chi connectivity index (χ1n) is 5.20. The van der Waals surface area contributed by atoms with Gasteiger partial charge in [-0.15, -0.1) is 0 Å². The van der Waals surface area contributed by atoms with Gasteiger partial charge in [-0.25, -0.2) is 14.8 Å². The van der Waals surface area contributed by atoms with Gasteiger partial charge in [-0.1, -0.05) is 0 Å². The van der Waals surface area contributed by atoms with Crippen molar-refractivity contribution in [1.29, 1.82) is 0 Å². The van der Waals surface area contributed by atoms with Crippen LogP contribution in [0.2, 0.25) is 0 Å². The highest BCUT2D eigenvalue weighted by Crippen LogP contribution is 2.18. The number of anilines is 1. The summed E-state index contributed by atoms with van der Waals surface area (Å²) in [6.07, 6.45) is 1.31. The highest BCUT2D eigenvalue weighted by Gasteiger charge is 2.18. The summed E-state index contributed by atoms with van der Waals surface area (Å²) in [5.74, 6) is -0.273. The molecule has 0 spiro atoms. The van der Waals surface area contributed by atoms with E-state index in [1.54, 1.807) is 6.92 Å². The lowest BCUT2D eigenvalue weighted by Gasteiger charge is -2.29. The number of piperazine rings is 1. The van der Waals surface area contributed by atoms with Crippen LogP contribution >= 0.6 is 0 Å². The highest BCUT2D eigenvalue weighted by molar-refractivity contribution is 5.88. The molecule has 16 heavy (non-hydrogen) atoms. The lowest BCUT2D eigenvalue weighted by molar-refractivity contribution is 0.0689. The first kappa shape index (κ1) is 10.8. The first-order chi connectivity index (χ1) is 7.70. The fourth-order valence-corrected chi connectivity index (χ4v) is 1.85.